The molecule has 0 bridgehead atoms. The third-order valence-corrected chi connectivity index (χ3v) is 4.82. The first kappa shape index (κ1) is 20.3. The van der Waals surface area contributed by atoms with Crippen LogP contribution in [0.15, 0.2) is 36.4 Å². The molecular formula is C21H22N2O6. The number of carbonyl (C=O) groups excluding carboxylic acids is 2. The Hall–Kier alpha value is -3.42. The summed E-state index contributed by atoms with van der Waals surface area (Å²) >= 11 is 0. The lowest BCUT2D eigenvalue weighted by Crippen LogP contribution is -2.44. The number of nitro groups is 1. The Bertz CT molecular complexity index is 972. The van der Waals surface area contributed by atoms with Gasteiger partial charge in [-0.25, -0.2) is 9.59 Å². The van der Waals surface area contributed by atoms with Gasteiger partial charge in [0.25, 0.3) is 5.69 Å². The third kappa shape index (κ3) is 3.91. The standard InChI is InChI=1S/C21H22N2O6/c1-4-28-20(24)13(3)22(21(25)29-5-2)16-6-8-18-14(11-16)10-15-12-17(23(26)27)7-9-19(15)18/h6-9,11-13H,4-5,10H2,1-3H3. The maximum atomic E-state index is 12.6. The molecule has 29 heavy (non-hydrogen) atoms. The van der Waals surface area contributed by atoms with Gasteiger partial charge in [0, 0.05) is 17.8 Å². The van der Waals surface area contributed by atoms with Crippen molar-refractivity contribution in [3.8, 4) is 11.1 Å². The van der Waals surface area contributed by atoms with Gasteiger partial charge in [-0.1, -0.05) is 6.07 Å². The van der Waals surface area contributed by atoms with Crippen molar-refractivity contribution in [2.24, 2.45) is 0 Å². The van der Waals surface area contributed by atoms with Crippen molar-refractivity contribution < 1.29 is 24.0 Å². The van der Waals surface area contributed by atoms with Crippen LogP contribution in [-0.2, 0) is 20.7 Å². The normalized spacial score (nSPS) is 12.5. The lowest BCUT2D eigenvalue weighted by atomic mass is 10.0. The SMILES string of the molecule is CCOC(=O)C(C)N(C(=O)OCC)c1ccc2c(c1)Cc1cc([N+](=O)[O-])ccc1-2. The van der Waals surface area contributed by atoms with Crippen molar-refractivity contribution in [2.45, 2.75) is 33.2 Å². The molecule has 8 heteroatoms. The predicted molar refractivity (Wildman–Crippen MR) is 107 cm³/mol. The van der Waals surface area contributed by atoms with Gasteiger partial charge in [0.15, 0.2) is 0 Å². The monoisotopic (exact) mass is 398 g/mol. The number of non-ortho nitro benzene ring substituents is 1. The van der Waals surface area contributed by atoms with Crippen LogP contribution in [0.5, 0.6) is 0 Å². The topological polar surface area (TPSA) is 99.0 Å². The molecule has 2 aromatic rings. The van der Waals surface area contributed by atoms with E-state index in [0.717, 1.165) is 22.3 Å². The van der Waals surface area contributed by atoms with Crippen molar-refractivity contribution in [3.05, 3.63) is 57.6 Å². The number of hydrogen-bond donors (Lipinski definition) is 0. The number of fused-ring (bicyclic) bond motifs is 3. The molecule has 0 N–H and O–H groups in total. The van der Waals surface area contributed by atoms with E-state index < -0.39 is 23.0 Å². The summed E-state index contributed by atoms with van der Waals surface area (Å²) in [6.07, 6.45) is -0.135. The highest BCUT2D eigenvalue weighted by Crippen LogP contribution is 2.40. The smallest absolute Gasteiger partial charge is 0.415 e. The van der Waals surface area contributed by atoms with E-state index in [1.807, 2.05) is 12.1 Å². The van der Waals surface area contributed by atoms with E-state index >= 15 is 0 Å². The Morgan fingerprint density at radius 2 is 1.69 bits per heavy atom. The first-order valence-electron chi connectivity index (χ1n) is 9.40. The number of esters is 1. The third-order valence-electron chi connectivity index (χ3n) is 4.82. The second-order valence-electron chi connectivity index (χ2n) is 6.61. The van der Waals surface area contributed by atoms with E-state index in [1.165, 1.54) is 11.0 Å². The van der Waals surface area contributed by atoms with E-state index in [4.69, 9.17) is 9.47 Å². The van der Waals surface area contributed by atoms with E-state index in [2.05, 4.69) is 0 Å². The summed E-state index contributed by atoms with van der Waals surface area (Å²) in [5.74, 6) is -0.528. The molecule has 1 aliphatic carbocycles. The molecule has 0 heterocycles. The summed E-state index contributed by atoms with van der Waals surface area (Å²) in [4.78, 5) is 36.7. The molecule has 3 rings (SSSR count). The van der Waals surface area contributed by atoms with Crippen LogP contribution in [0.4, 0.5) is 16.2 Å². The maximum Gasteiger partial charge on any atom is 0.415 e. The molecule has 0 fully saturated rings. The summed E-state index contributed by atoms with van der Waals surface area (Å²) in [6.45, 7) is 5.35. The molecule has 2 aromatic carbocycles. The number of nitro benzene ring substituents is 1. The zero-order chi connectivity index (χ0) is 21.1. The molecule has 1 atom stereocenters. The predicted octanol–water partition coefficient (Wildman–Crippen LogP) is 4.08. The van der Waals surface area contributed by atoms with Gasteiger partial charge in [0.1, 0.15) is 6.04 Å². The molecule has 0 saturated heterocycles. The summed E-state index contributed by atoms with van der Waals surface area (Å²) in [5, 5.41) is 11.0. The summed E-state index contributed by atoms with van der Waals surface area (Å²) < 4.78 is 10.2. The van der Waals surface area contributed by atoms with Crippen LogP contribution >= 0.6 is 0 Å². The molecule has 1 amide bonds. The minimum atomic E-state index is -0.864. The van der Waals surface area contributed by atoms with Gasteiger partial charge >= 0.3 is 12.1 Å². The number of hydrogen-bond acceptors (Lipinski definition) is 6. The van der Waals surface area contributed by atoms with Crippen LogP contribution in [0.2, 0.25) is 0 Å². The first-order chi connectivity index (χ1) is 13.9. The average molecular weight is 398 g/mol. The molecule has 8 nitrogen and oxygen atoms in total. The number of anilines is 1. The van der Waals surface area contributed by atoms with E-state index in [9.17, 15) is 19.7 Å². The molecule has 0 spiro atoms. The fourth-order valence-electron chi connectivity index (χ4n) is 3.50. The van der Waals surface area contributed by atoms with Gasteiger partial charge in [-0.2, -0.15) is 0 Å². The number of amides is 1. The quantitative estimate of drug-likeness (QED) is 0.352. The first-order valence-corrected chi connectivity index (χ1v) is 9.40. The van der Waals surface area contributed by atoms with Crippen LogP contribution in [-0.4, -0.2) is 36.2 Å². The fraction of sp³-hybridized carbons (Fsp3) is 0.333. The molecule has 1 unspecified atom stereocenters. The number of benzene rings is 2. The largest absolute Gasteiger partial charge is 0.464 e. The van der Waals surface area contributed by atoms with E-state index in [-0.39, 0.29) is 18.9 Å². The van der Waals surface area contributed by atoms with Crippen LogP contribution in [0, 0.1) is 10.1 Å². The molecule has 0 radical (unpaired) electrons. The maximum absolute atomic E-state index is 12.6. The number of ether oxygens (including phenoxy) is 2. The highest BCUT2D eigenvalue weighted by molar-refractivity contribution is 5.96. The second kappa shape index (κ2) is 8.30. The highest BCUT2D eigenvalue weighted by Gasteiger charge is 2.31. The zero-order valence-electron chi connectivity index (χ0n) is 16.5. The average Bonchev–Trinajstić information content (AvgIpc) is 3.05. The van der Waals surface area contributed by atoms with Crippen molar-refractivity contribution in [2.75, 3.05) is 18.1 Å². The Morgan fingerprint density at radius 1 is 1.07 bits per heavy atom. The van der Waals surface area contributed by atoms with Gasteiger partial charge in [0.2, 0.25) is 0 Å². The fourth-order valence-corrected chi connectivity index (χ4v) is 3.50. The number of rotatable bonds is 6. The minimum Gasteiger partial charge on any atom is -0.464 e. The van der Waals surface area contributed by atoms with Gasteiger partial charge in [-0.3, -0.25) is 15.0 Å². The zero-order valence-corrected chi connectivity index (χ0v) is 16.5. The van der Waals surface area contributed by atoms with E-state index in [0.29, 0.717) is 12.1 Å². The lowest BCUT2D eigenvalue weighted by Gasteiger charge is -2.27. The Kier molecular flexibility index (Phi) is 5.81. The number of nitrogens with zero attached hydrogens (tertiary/aromatic N) is 2. The van der Waals surface area contributed by atoms with Crippen LogP contribution in [0.1, 0.15) is 31.9 Å². The lowest BCUT2D eigenvalue weighted by molar-refractivity contribution is -0.384. The Labute approximate surface area is 168 Å². The molecule has 0 saturated carbocycles. The van der Waals surface area contributed by atoms with Crippen LogP contribution < -0.4 is 4.90 Å². The second-order valence-corrected chi connectivity index (χ2v) is 6.61. The molecule has 1 aliphatic rings. The molecule has 0 aliphatic heterocycles. The number of carbonyl (C=O) groups is 2. The van der Waals surface area contributed by atoms with Gasteiger partial charge in [-0.05, 0) is 67.6 Å². The highest BCUT2D eigenvalue weighted by atomic mass is 16.6. The summed E-state index contributed by atoms with van der Waals surface area (Å²) in [5.41, 5.74) is 4.20. The van der Waals surface area contributed by atoms with Crippen LogP contribution in [0.3, 0.4) is 0 Å². The van der Waals surface area contributed by atoms with Crippen molar-refractivity contribution in [1.82, 2.24) is 0 Å². The molecular weight excluding hydrogens is 376 g/mol. The summed E-state index contributed by atoms with van der Waals surface area (Å²) in [6, 6.07) is 9.33. The van der Waals surface area contributed by atoms with Crippen LogP contribution in [0.25, 0.3) is 11.1 Å². The van der Waals surface area contributed by atoms with Crippen molar-refractivity contribution in [3.63, 3.8) is 0 Å². The van der Waals surface area contributed by atoms with Gasteiger partial charge in [0.05, 0.1) is 18.1 Å². The van der Waals surface area contributed by atoms with Crippen molar-refractivity contribution >= 4 is 23.4 Å². The van der Waals surface area contributed by atoms with E-state index in [1.54, 1.807) is 39.0 Å². The minimum absolute atomic E-state index is 0.0425. The summed E-state index contributed by atoms with van der Waals surface area (Å²) in [7, 11) is 0. The molecule has 152 valence electrons. The Morgan fingerprint density at radius 3 is 2.31 bits per heavy atom. The Balaban J connectivity index is 1.97. The molecule has 0 aromatic heterocycles. The van der Waals surface area contributed by atoms with Gasteiger partial charge in [-0.15, -0.1) is 0 Å². The van der Waals surface area contributed by atoms with Crippen molar-refractivity contribution in [1.29, 1.82) is 0 Å². The van der Waals surface area contributed by atoms with Gasteiger partial charge < -0.3 is 9.47 Å².